The van der Waals surface area contributed by atoms with Crippen LogP contribution in [0.5, 0.6) is 0 Å². The number of esters is 2. The SMILES string of the molecule is CSc1ccc(-c2cccc(NC=C3C(=O)OC(C)(C)OC3=O)c2)cc1. The Morgan fingerprint density at radius 3 is 2.23 bits per heavy atom. The second kappa shape index (κ2) is 7.25. The van der Waals surface area contributed by atoms with Crippen molar-refractivity contribution in [1.29, 1.82) is 0 Å². The van der Waals surface area contributed by atoms with Crippen LogP contribution in [0.1, 0.15) is 13.8 Å². The normalized spacial score (nSPS) is 15.9. The molecule has 2 aromatic carbocycles. The van der Waals surface area contributed by atoms with Gasteiger partial charge in [0, 0.05) is 30.6 Å². The van der Waals surface area contributed by atoms with Crippen molar-refractivity contribution in [3.05, 3.63) is 60.3 Å². The van der Waals surface area contributed by atoms with E-state index in [1.165, 1.54) is 24.9 Å². The number of carbonyl (C=O) groups excluding carboxylic acids is 2. The summed E-state index contributed by atoms with van der Waals surface area (Å²) in [6.45, 7) is 3.03. The van der Waals surface area contributed by atoms with Crippen molar-refractivity contribution in [2.24, 2.45) is 0 Å². The van der Waals surface area contributed by atoms with Crippen molar-refractivity contribution in [2.45, 2.75) is 24.5 Å². The summed E-state index contributed by atoms with van der Waals surface area (Å²) in [6.07, 6.45) is 3.35. The molecule has 26 heavy (non-hydrogen) atoms. The number of carbonyl (C=O) groups is 2. The van der Waals surface area contributed by atoms with E-state index >= 15 is 0 Å². The van der Waals surface area contributed by atoms with Gasteiger partial charge in [-0.3, -0.25) is 0 Å². The van der Waals surface area contributed by atoms with E-state index in [1.807, 2.05) is 30.5 Å². The largest absolute Gasteiger partial charge is 0.419 e. The third kappa shape index (κ3) is 4.08. The molecule has 134 valence electrons. The molecule has 1 heterocycles. The molecule has 2 aromatic rings. The molecule has 0 bridgehead atoms. The molecule has 1 fully saturated rings. The number of ether oxygens (including phenoxy) is 2. The Labute approximate surface area is 156 Å². The summed E-state index contributed by atoms with van der Waals surface area (Å²) in [7, 11) is 0. The molecule has 0 atom stereocenters. The molecule has 5 nitrogen and oxygen atoms in total. The van der Waals surface area contributed by atoms with Gasteiger partial charge in [0.1, 0.15) is 0 Å². The minimum absolute atomic E-state index is 0.168. The van der Waals surface area contributed by atoms with Gasteiger partial charge in [0.2, 0.25) is 0 Å². The lowest BCUT2D eigenvalue weighted by molar-refractivity contribution is -0.222. The van der Waals surface area contributed by atoms with E-state index in [1.54, 1.807) is 11.8 Å². The Morgan fingerprint density at radius 2 is 1.62 bits per heavy atom. The number of thioether (sulfide) groups is 1. The van der Waals surface area contributed by atoms with Crippen LogP contribution >= 0.6 is 11.8 Å². The Bertz CT molecular complexity index is 850. The summed E-state index contributed by atoms with van der Waals surface area (Å²) in [4.78, 5) is 25.1. The van der Waals surface area contributed by atoms with Gasteiger partial charge in [0.25, 0.3) is 5.79 Å². The summed E-state index contributed by atoms with van der Waals surface area (Å²) in [6, 6.07) is 15.9. The number of anilines is 1. The van der Waals surface area contributed by atoms with Gasteiger partial charge in [-0.15, -0.1) is 11.8 Å². The van der Waals surface area contributed by atoms with E-state index in [4.69, 9.17) is 9.47 Å². The molecule has 0 unspecified atom stereocenters. The molecule has 1 saturated heterocycles. The number of nitrogens with one attached hydrogen (secondary N) is 1. The van der Waals surface area contributed by atoms with E-state index in [9.17, 15) is 9.59 Å². The highest BCUT2D eigenvalue weighted by Crippen LogP contribution is 2.26. The standard InChI is InChI=1S/C20H19NO4S/c1-20(2)24-18(22)17(19(23)25-20)12-21-15-6-4-5-14(11-15)13-7-9-16(26-3)10-8-13/h4-12,21H,1-3H3. The molecule has 3 rings (SSSR count). The van der Waals surface area contributed by atoms with E-state index < -0.39 is 17.7 Å². The zero-order chi connectivity index (χ0) is 18.7. The smallest absolute Gasteiger partial charge is 0.350 e. The molecule has 0 aromatic heterocycles. The summed E-state index contributed by atoms with van der Waals surface area (Å²) >= 11 is 1.69. The maximum Gasteiger partial charge on any atom is 0.350 e. The van der Waals surface area contributed by atoms with Gasteiger partial charge < -0.3 is 14.8 Å². The molecule has 0 saturated carbocycles. The number of cyclic esters (lactones) is 2. The van der Waals surface area contributed by atoms with Gasteiger partial charge in [-0.25, -0.2) is 9.59 Å². The monoisotopic (exact) mass is 369 g/mol. The first-order valence-corrected chi connectivity index (χ1v) is 9.28. The van der Waals surface area contributed by atoms with Gasteiger partial charge in [-0.2, -0.15) is 0 Å². The van der Waals surface area contributed by atoms with Gasteiger partial charge in [0.05, 0.1) is 0 Å². The second-order valence-electron chi connectivity index (χ2n) is 6.19. The molecule has 0 amide bonds. The number of rotatable bonds is 4. The minimum atomic E-state index is -1.24. The summed E-state index contributed by atoms with van der Waals surface area (Å²) in [5, 5.41) is 2.97. The fourth-order valence-electron chi connectivity index (χ4n) is 2.51. The van der Waals surface area contributed by atoms with Crippen molar-refractivity contribution >= 4 is 29.4 Å². The molecule has 1 aliphatic heterocycles. The predicted octanol–water partition coefficient (Wildman–Crippen LogP) is 4.21. The van der Waals surface area contributed by atoms with Crippen molar-refractivity contribution in [2.75, 3.05) is 11.6 Å². The fraction of sp³-hybridized carbons (Fsp3) is 0.200. The molecule has 0 spiro atoms. The van der Waals surface area contributed by atoms with Crippen LogP contribution in [0.3, 0.4) is 0 Å². The molecule has 6 heteroatoms. The lowest BCUT2D eigenvalue weighted by atomic mass is 10.1. The zero-order valence-electron chi connectivity index (χ0n) is 14.7. The minimum Gasteiger partial charge on any atom is -0.419 e. The highest BCUT2D eigenvalue weighted by molar-refractivity contribution is 7.98. The third-order valence-corrected chi connectivity index (χ3v) is 4.53. The van der Waals surface area contributed by atoms with Crippen LogP contribution in [0.4, 0.5) is 5.69 Å². The summed E-state index contributed by atoms with van der Waals surface area (Å²) in [5.41, 5.74) is 2.68. The van der Waals surface area contributed by atoms with E-state index in [2.05, 4.69) is 29.6 Å². The van der Waals surface area contributed by atoms with Gasteiger partial charge in [-0.05, 0) is 41.6 Å². The van der Waals surface area contributed by atoms with Crippen LogP contribution in [0.15, 0.2) is 65.2 Å². The molecule has 1 aliphatic rings. The Hall–Kier alpha value is -2.73. The highest BCUT2D eigenvalue weighted by atomic mass is 32.2. The van der Waals surface area contributed by atoms with E-state index in [-0.39, 0.29) is 5.57 Å². The number of hydrogen-bond acceptors (Lipinski definition) is 6. The molecule has 0 aliphatic carbocycles. The van der Waals surface area contributed by atoms with Gasteiger partial charge in [-0.1, -0.05) is 24.3 Å². The zero-order valence-corrected chi connectivity index (χ0v) is 15.6. The average Bonchev–Trinajstić information content (AvgIpc) is 2.60. The Balaban J connectivity index is 1.78. The molecular formula is C20H19NO4S. The first-order chi connectivity index (χ1) is 12.4. The van der Waals surface area contributed by atoms with Crippen molar-refractivity contribution < 1.29 is 19.1 Å². The Kier molecular flexibility index (Phi) is 5.04. The predicted molar refractivity (Wildman–Crippen MR) is 102 cm³/mol. The summed E-state index contributed by atoms with van der Waals surface area (Å²) < 4.78 is 10.1. The molecule has 1 N–H and O–H groups in total. The first-order valence-electron chi connectivity index (χ1n) is 8.06. The number of benzene rings is 2. The average molecular weight is 369 g/mol. The van der Waals surface area contributed by atoms with E-state index in [0.717, 1.165) is 16.8 Å². The molecular weight excluding hydrogens is 350 g/mol. The van der Waals surface area contributed by atoms with E-state index in [0.29, 0.717) is 0 Å². The van der Waals surface area contributed by atoms with Gasteiger partial charge in [0.15, 0.2) is 5.57 Å². The number of hydrogen-bond donors (Lipinski definition) is 1. The van der Waals surface area contributed by atoms with Crippen molar-refractivity contribution in [1.82, 2.24) is 0 Å². The van der Waals surface area contributed by atoms with Crippen LogP contribution in [0.25, 0.3) is 11.1 Å². The maximum absolute atomic E-state index is 12.0. The lowest BCUT2D eigenvalue weighted by Gasteiger charge is -2.29. The second-order valence-corrected chi connectivity index (χ2v) is 7.07. The lowest BCUT2D eigenvalue weighted by Crippen LogP contribution is -2.42. The van der Waals surface area contributed by atoms with Crippen molar-refractivity contribution in [3.63, 3.8) is 0 Å². The fourth-order valence-corrected chi connectivity index (χ4v) is 2.91. The third-order valence-electron chi connectivity index (χ3n) is 3.79. The first kappa shape index (κ1) is 18.1. The topological polar surface area (TPSA) is 64.6 Å². The maximum atomic E-state index is 12.0. The highest BCUT2D eigenvalue weighted by Gasteiger charge is 2.38. The van der Waals surface area contributed by atoms with Crippen LogP contribution in [0.2, 0.25) is 0 Å². The van der Waals surface area contributed by atoms with Crippen LogP contribution in [-0.2, 0) is 19.1 Å². The van der Waals surface area contributed by atoms with Crippen LogP contribution in [-0.4, -0.2) is 24.0 Å². The Morgan fingerprint density at radius 1 is 0.962 bits per heavy atom. The van der Waals surface area contributed by atoms with Crippen LogP contribution in [0, 0.1) is 0 Å². The van der Waals surface area contributed by atoms with Gasteiger partial charge >= 0.3 is 11.9 Å². The van der Waals surface area contributed by atoms with Crippen molar-refractivity contribution in [3.8, 4) is 11.1 Å². The molecule has 0 radical (unpaired) electrons. The van der Waals surface area contributed by atoms with Crippen LogP contribution < -0.4 is 5.32 Å². The summed E-state index contributed by atoms with van der Waals surface area (Å²) in [5.74, 6) is -2.65. The quantitative estimate of drug-likeness (QED) is 0.377.